The Balaban J connectivity index is 1.84. The molecule has 0 amide bonds. The molecule has 2 aromatic carbocycles. The van der Waals surface area contributed by atoms with E-state index in [0.717, 1.165) is 17.1 Å². The molecular weight excluding hydrogens is 304 g/mol. The van der Waals surface area contributed by atoms with Gasteiger partial charge in [-0.15, -0.1) is 0 Å². The summed E-state index contributed by atoms with van der Waals surface area (Å²) in [6, 6.07) is 16.9. The Morgan fingerprint density at radius 2 is 1.67 bits per heavy atom. The lowest BCUT2D eigenvalue weighted by Crippen LogP contribution is -2.04. The van der Waals surface area contributed by atoms with E-state index in [1.54, 1.807) is 18.3 Å². The topological polar surface area (TPSA) is 72.2 Å². The molecule has 0 saturated heterocycles. The van der Waals surface area contributed by atoms with Gasteiger partial charge in [-0.2, -0.15) is 0 Å². The predicted octanol–water partition coefficient (Wildman–Crippen LogP) is 3.59. The molecular formula is C19H16N2O3. The summed E-state index contributed by atoms with van der Waals surface area (Å²) >= 11 is 0. The van der Waals surface area contributed by atoms with Crippen LogP contribution in [0.5, 0.6) is 0 Å². The SMILES string of the molecule is O=C(O)CCC(=O)c1ccc(-n2ccnc2-c2ccccc2)cc1. The normalized spacial score (nSPS) is 10.5. The smallest absolute Gasteiger partial charge is 0.303 e. The molecule has 24 heavy (non-hydrogen) atoms. The van der Waals surface area contributed by atoms with Gasteiger partial charge >= 0.3 is 5.97 Å². The first-order chi connectivity index (χ1) is 11.6. The fourth-order valence-corrected chi connectivity index (χ4v) is 2.49. The first kappa shape index (κ1) is 15.7. The molecule has 3 aromatic rings. The summed E-state index contributed by atoms with van der Waals surface area (Å²) in [7, 11) is 0. The number of aliphatic carboxylic acids is 1. The highest BCUT2D eigenvalue weighted by molar-refractivity contribution is 5.97. The number of hydrogen-bond acceptors (Lipinski definition) is 3. The zero-order valence-electron chi connectivity index (χ0n) is 12.9. The second-order valence-electron chi connectivity index (χ2n) is 5.35. The average Bonchev–Trinajstić information content (AvgIpc) is 3.10. The Morgan fingerprint density at radius 1 is 0.958 bits per heavy atom. The van der Waals surface area contributed by atoms with E-state index in [1.807, 2.05) is 53.2 Å². The highest BCUT2D eigenvalue weighted by Gasteiger charge is 2.10. The summed E-state index contributed by atoms with van der Waals surface area (Å²) in [5.74, 6) is -0.315. The van der Waals surface area contributed by atoms with Gasteiger partial charge in [0.15, 0.2) is 5.78 Å². The number of Topliss-reactive ketones (excluding diaryl/α,β-unsaturated/α-hetero) is 1. The number of imidazole rings is 1. The first-order valence-electron chi connectivity index (χ1n) is 7.59. The molecule has 0 bridgehead atoms. The van der Waals surface area contributed by atoms with Crippen LogP contribution in [0.3, 0.4) is 0 Å². The lowest BCUT2D eigenvalue weighted by molar-refractivity contribution is -0.136. The molecule has 0 unspecified atom stereocenters. The number of carboxylic acid groups (broad SMARTS) is 1. The fourth-order valence-electron chi connectivity index (χ4n) is 2.49. The molecule has 1 aromatic heterocycles. The highest BCUT2D eigenvalue weighted by atomic mass is 16.4. The van der Waals surface area contributed by atoms with Crippen molar-refractivity contribution < 1.29 is 14.7 Å². The summed E-state index contributed by atoms with van der Waals surface area (Å²) in [5, 5.41) is 8.65. The summed E-state index contributed by atoms with van der Waals surface area (Å²) in [5.41, 5.74) is 2.41. The van der Waals surface area contributed by atoms with E-state index in [9.17, 15) is 9.59 Å². The van der Waals surface area contributed by atoms with Crippen LogP contribution in [0.4, 0.5) is 0 Å². The van der Waals surface area contributed by atoms with E-state index in [4.69, 9.17) is 5.11 Å². The third-order valence-electron chi connectivity index (χ3n) is 3.71. The van der Waals surface area contributed by atoms with Gasteiger partial charge in [-0.3, -0.25) is 14.2 Å². The van der Waals surface area contributed by atoms with Crippen molar-refractivity contribution in [2.24, 2.45) is 0 Å². The van der Waals surface area contributed by atoms with Crippen molar-refractivity contribution >= 4 is 11.8 Å². The zero-order chi connectivity index (χ0) is 16.9. The van der Waals surface area contributed by atoms with E-state index in [0.29, 0.717) is 5.56 Å². The number of carbonyl (C=O) groups is 2. The van der Waals surface area contributed by atoms with Crippen LogP contribution in [0, 0.1) is 0 Å². The van der Waals surface area contributed by atoms with Crippen LogP contribution in [0.25, 0.3) is 17.1 Å². The number of nitrogens with zero attached hydrogens (tertiary/aromatic N) is 2. The Morgan fingerprint density at radius 3 is 2.33 bits per heavy atom. The molecule has 5 nitrogen and oxygen atoms in total. The van der Waals surface area contributed by atoms with Gasteiger partial charge in [0.2, 0.25) is 0 Å². The summed E-state index contributed by atoms with van der Waals surface area (Å²) in [6.45, 7) is 0. The molecule has 3 rings (SSSR count). The van der Waals surface area contributed by atoms with Gasteiger partial charge in [-0.25, -0.2) is 4.98 Å². The molecule has 0 atom stereocenters. The van der Waals surface area contributed by atoms with Crippen molar-refractivity contribution in [2.75, 3.05) is 0 Å². The summed E-state index contributed by atoms with van der Waals surface area (Å²) < 4.78 is 1.95. The molecule has 120 valence electrons. The number of benzene rings is 2. The molecule has 0 fully saturated rings. The van der Waals surface area contributed by atoms with Crippen LogP contribution >= 0.6 is 0 Å². The number of rotatable bonds is 6. The maximum Gasteiger partial charge on any atom is 0.303 e. The van der Waals surface area contributed by atoms with Gasteiger partial charge in [0.1, 0.15) is 5.82 Å². The molecule has 0 radical (unpaired) electrons. The van der Waals surface area contributed by atoms with Crippen molar-refractivity contribution in [2.45, 2.75) is 12.8 Å². The number of carboxylic acids is 1. The van der Waals surface area contributed by atoms with E-state index in [1.165, 1.54) is 0 Å². The van der Waals surface area contributed by atoms with Crippen molar-refractivity contribution in [1.29, 1.82) is 0 Å². The molecule has 0 spiro atoms. The van der Waals surface area contributed by atoms with Crippen molar-refractivity contribution in [3.8, 4) is 17.1 Å². The van der Waals surface area contributed by atoms with E-state index in [-0.39, 0.29) is 18.6 Å². The largest absolute Gasteiger partial charge is 0.481 e. The maximum absolute atomic E-state index is 12.0. The van der Waals surface area contributed by atoms with Gasteiger partial charge in [0, 0.05) is 35.6 Å². The minimum absolute atomic E-state index is 0.00895. The fraction of sp³-hybridized carbons (Fsp3) is 0.105. The first-order valence-corrected chi connectivity index (χ1v) is 7.59. The average molecular weight is 320 g/mol. The van der Waals surface area contributed by atoms with Crippen LogP contribution in [0.2, 0.25) is 0 Å². The summed E-state index contributed by atoms with van der Waals surface area (Å²) in [6.07, 6.45) is 3.45. The third-order valence-corrected chi connectivity index (χ3v) is 3.71. The van der Waals surface area contributed by atoms with Crippen molar-refractivity contribution in [3.05, 3.63) is 72.6 Å². The van der Waals surface area contributed by atoms with Crippen LogP contribution in [-0.4, -0.2) is 26.4 Å². The molecule has 5 heteroatoms. The Hall–Kier alpha value is -3.21. The Bertz CT molecular complexity index is 852. The second kappa shape index (κ2) is 6.91. The van der Waals surface area contributed by atoms with Crippen LogP contribution in [0.1, 0.15) is 23.2 Å². The minimum atomic E-state index is -0.967. The standard InChI is InChI=1S/C19H16N2O3/c22-17(10-11-18(23)24)14-6-8-16(9-7-14)21-13-12-20-19(21)15-4-2-1-3-5-15/h1-9,12-13H,10-11H2,(H,23,24). The van der Waals surface area contributed by atoms with Gasteiger partial charge < -0.3 is 5.11 Å². The molecule has 0 aliphatic rings. The molecule has 0 saturated carbocycles. The van der Waals surface area contributed by atoms with Gasteiger partial charge in [-0.1, -0.05) is 30.3 Å². The van der Waals surface area contributed by atoms with Gasteiger partial charge in [0.05, 0.1) is 6.42 Å². The van der Waals surface area contributed by atoms with Gasteiger partial charge in [-0.05, 0) is 24.3 Å². The van der Waals surface area contributed by atoms with E-state index in [2.05, 4.69) is 4.98 Å². The minimum Gasteiger partial charge on any atom is -0.481 e. The highest BCUT2D eigenvalue weighted by Crippen LogP contribution is 2.21. The quantitative estimate of drug-likeness (QED) is 0.705. The number of hydrogen-bond donors (Lipinski definition) is 1. The maximum atomic E-state index is 12.0. The molecule has 1 N–H and O–H groups in total. The Kier molecular flexibility index (Phi) is 4.52. The van der Waals surface area contributed by atoms with E-state index < -0.39 is 5.97 Å². The monoisotopic (exact) mass is 320 g/mol. The second-order valence-corrected chi connectivity index (χ2v) is 5.35. The predicted molar refractivity (Wildman–Crippen MR) is 90.2 cm³/mol. The van der Waals surface area contributed by atoms with E-state index >= 15 is 0 Å². The molecule has 0 aliphatic carbocycles. The number of carbonyl (C=O) groups excluding carboxylic acids is 1. The number of aromatic nitrogens is 2. The lowest BCUT2D eigenvalue weighted by Gasteiger charge is -2.09. The zero-order valence-corrected chi connectivity index (χ0v) is 12.9. The van der Waals surface area contributed by atoms with Crippen LogP contribution in [0.15, 0.2) is 67.0 Å². The van der Waals surface area contributed by atoms with Crippen molar-refractivity contribution in [3.63, 3.8) is 0 Å². The van der Waals surface area contributed by atoms with Gasteiger partial charge in [0.25, 0.3) is 0 Å². The van der Waals surface area contributed by atoms with Crippen LogP contribution < -0.4 is 0 Å². The Labute approximate surface area is 139 Å². The van der Waals surface area contributed by atoms with Crippen LogP contribution in [-0.2, 0) is 4.79 Å². The third kappa shape index (κ3) is 3.41. The van der Waals surface area contributed by atoms with Crippen molar-refractivity contribution in [1.82, 2.24) is 9.55 Å². The molecule has 0 aliphatic heterocycles. The molecule has 1 heterocycles. The number of ketones is 1. The lowest BCUT2D eigenvalue weighted by atomic mass is 10.1. The summed E-state index contributed by atoms with van der Waals surface area (Å²) in [4.78, 5) is 26.9.